The van der Waals surface area contributed by atoms with E-state index in [9.17, 15) is 39.0 Å². The number of likely N-dealkylation sites (N-methyl/N-ethyl adjacent to an activating group) is 2. The lowest BCUT2D eigenvalue weighted by Gasteiger charge is -2.36. The number of rotatable bonds is 26. The fourth-order valence-corrected chi connectivity index (χ4v) is 18.6. The molecule has 135 heavy (non-hydrogen) atoms. The number of amides is 16. The lowest BCUT2D eigenvalue weighted by atomic mass is 10.00. The normalized spacial score (nSPS) is 24.7. The van der Waals surface area contributed by atoms with Crippen LogP contribution in [0, 0.1) is 11.3 Å². The summed E-state index contributed by atoms with van der Waals surface area (Å²) >= 11 is 0.838. The molecule has 0 bridgehead atoms. The summed E-state index contributed by atoms with van der Waals surface area (Å²) in [5.74, 6) is -14.8. The maximum atomic E-state index is 15.8. The molecule has 42 nitrogen and oxygen atoms in total. The largest absolute Gasteiger partial charge is 0.508 e. The van der Waals surface area contributed by atoms with Crippen LogP contribution in [0.25, 0.3) is 21.8 Å². The number of thioether (sulfide) groups is 1. The summed E-state index contributed by atoms with van der Waals surface area (Å²) in [7, 11) is 2.74. The number of phenols is 1. The van der Waals surface area contributed by atoms with Crippen molar-refractivity contribution < 1.29 is 86.9 Å². The molecule has 14 atom stereocenters. The number of nitrogens with zero attached hydrogens (tertiary/aromatic N) is 6. The van der Waals surface area contributed by atoms with Crippen molar-refractivity contribution in [1.29, 1.82) is 5.41 Å². The Balaban J connectivity index is 1.01. The summed E-state index contributed by atoms with van der Waals surface area (Å²) in [4.78, 5) is 257. The van der Waals surface area contributed by atoms with Crippen molar-refractivity contribution >= 4 is 134 Å². The van der Waals surface area contributed by atoms with Gasteiger partial charge in [0.2, 0.25) is 94.5 Å². The number of carbonyl (C=O) groups is 16. The third-order valence-electron chi connectivity index (χ3n) is 24.9. The number of primary amides is 2. The fraction of sp³-hybridized carbons (Fsp3) is 0.543. The molecule has 16 amide bonds. The molecule has 3 aromatic heterocycles. The smallest absolute Gasteiger partial charge is 0.245 e. The number of carbonyl (C=O) groups excluding carboxylic acids is 16. The molecule has 0 unspecified atom stereocenters. The van der Waals surface area contributed by atoms with Crippen LogP contribution in [0.2, 0.25) is 0 Å². The highest BCUT2D eigenvalue weighted by molar-refractivity contribution is 8.00. The van der Waals surface area contributed by atoms with Gasteiger partial charge in [-0.25, -0.2) is 4.98 Å². The maximum Gasteiger partial charge on any atom is 0.245 e. The number of unbranched alkanes of at least 4 members (excludes halogenated alkanes) is 2. The summed E-state index contributed by atoms with van der Waals surface area (Å²) in [5, 5.41) is 61.2. The number of hydrogen-bond acceptors (Lipinski definition) is 22. The number of benzene rings is 3. The quantitative estimate of drug-likeness (QED) is 0.0171. The van der Waals surface area contributed by atoms with Gasteiger partial charge in [0.25, 0.3) is 0 Å². The van der Waals surface area contributed by atoms with Crippen molar-refractivity contribution in [3.8, 4) is 5.75 Å². The molecule has 3 aromatic carbocycles. The van der Waals surface area contributed by atoms with Gasteiger partial charge in [-0.1, -0.05) is 102 Å². The van der Waals surface area contributed by atoms with E-state index in [1.54, 1.807) is 73.1 Å². The molecular weight excluding hydrogens is 1760 g/mol. The first-order valence-corrected chi connectivity index (χ1v) is 47.4. The van der Waals surface area contributed by atoms with E-state index in [-0.39, 0.29) is 121 Å². The van der Waals surface area contributed by atoms with E-state index in [4.69, 9.17) is 22.6 Å². The Morgan fingerprint density at radius 2 is 1.05 bits per heavy atom. The molecule has 4 fully saturated rings. The monoisotopic (exact) mass is 1890 g/mol. The molecule has 6 aromatic rings. The average Bonchev–Trinajstić information content (AvgIpc) is 1.78. The van der Waals surface area contributed by atoms with Gasteiger partial charge in [-0.15, -0.1) is 11.8 Å². The first-order chi connectivity index (χ1) is 64.6. The van der Waals surface area contributed by atoms with Crippen LogP contribution < -0.4 is 75.7 Å². The van der Waals surface area contributed by atoms with Gasteiger partial charge >= 0.3 is 0 Å². The molecule has 43 heteroatoms. The summed E-state index contributed by atoms with van der Waals surface area (Å²) in [5.41, 5.74) is 20.3. The fourth-order valence-electron chi connectivity index (χ4n) is 17.7. The van der Waals surface area contributed by atoms with Crippen LogP contribution in [0.3, 0.4) is 0 Å². The van der Waals surface area contributed by atoms with E-state index in [0.717, 1.165) is 11.8 Å². The Morgan fingerprint density at radius 1 is 0.533 bits per heavy atom. The first-order valence-electron chi connectivity index (χ1n) is 46.2. The lowest BCUT2D eigenvalue weighted by molar-refractivity contribution is -0.149. The standard InChI is InChI=1S/C92H130N24O18S/c1-7-9-25-72-84(127)105-63(24-15-33-98-92(95)96)80(123)111-71(79(122)102-47-77(94)120)49-135-50-78(121)104-68(38-53-29-31-58(118)32-30-53)89(132)114-34-16-19-57(114)46-101-66(42-76(93)119)88(131)115-35-17-27-73(115)86(129)107-65(41-56-45-97-51-103-56)82(125)108-67(37-52(3)4)90(133)116-36-18-28-74(116)85(128)106-64(39-54-43-99-61-22-13-11-20-59(54)61)81(124)110-70(48-117)83(126)109-69(40-55-44-100-62-23-14-12-21-60(55)62)87(130)113(6)75(26-10-8-2)91(134)112(72)5/h11-14,20-23,29-32,43-45,51-52,57,63-75,99-101,117-118H,7-10,15-19,24-28,33-42,46-50H2,1-6H3,(H2,93,119)(H2,94,120)(H,97,103)(H,102,122)(H,104,121)(H,105,127)(H,106,128)(H,107,129)(H,108,125)(H,109,126)(H,110,124)(H,111,123)(H4,95,96,98)/t57-,63+,64+,65+,66+,67+,68+,69+,70+,71+,72+,73+,74+,75+/m1/s1. The number of fused-ring (bicyclic) bond motifs is 5. The Kier molecular flexibility index (Phi) is 38.7. The highest BCUT2D eigenvalue weighted by Crippen LogP contribution is 2.29. The summed E-state index contributed by atoms with van der Waals surface area (Å²) in [6.07, 6.45) is 8.03. The van der Waals surface area contributed by atoms with Gasteiger partial charge in [0, 0.05) is 130 Å². The molecule has 732 valence electrons. The maximum absolute atomic E-state index is 15.8. The van der Waals surface area contributed by atoms with E-state index in [1.165, 1.54) is 63.3 Å². The average molecular weight is 1890 g/mol. The molecule has 4 aliphatic heterocycles. The number of guanidine groups is 1. The zero-order valence-electron chi connectivity index (χ0n) is 77.2. The number of aromatic nitrogens is 4. The second kappa shape index (κ2) is 50.2. The van der Waals surface area contributed by atoms with Gasteiger partial charge in [-0.05, 0) is 118 Å². The van der Waals surface area contributed by atoms with Crippen LogP contribution in [0.15, 0.2) is 97.7 Å². The van der Waals surface area contributed by atoms with Gasteiger partial charge in [-0.2, -0.15) is 0 Å². The molecule has 10 rings (SSSR count). The second-order valence-electron chi connectivity index (χ2n) is 35.4. The van der Waals surface area contributed by atoms with E-state index in [0.29, 0.717) is 95.6 Å². The third kappa shape index (κ3) is 28.9. The Morgan fingerprint density at radius 3 is 1.63 bits per heavy atom. The van der Waals surface area contributed by atoms with Crippen molar-refractivity contribution in [2.75, 3.05) is 71.5 Å². The third-order valence-corrected chi connectivity index (χ3v) is 26.0. The minimum atomic E-state index is -1.84. The molecule has 0 radical (unpaired) electrons. The van der Waals surface area contributed by atoms with Gasteiger partial charge in [0.15, 0.2) is 5.96 Å². The van der Waals surface area contributed by atoms with Crippen molar-refractivity contribution in [1.82, 2.24) is 103 Å². The van der Waals surface area contributed by atoms with Crippen LogP contribution in [0.4, 0.5) is 0 Å². The number of para-hydroxylation sites is 2. The number of nitrogens with two attached hydrogens (primary N) is 3. The van der Waals surface area contributed by atoms with Crippen molar-refractivity contribution in [2.24, 2.45) is 23.1 Å². The highest BCUT2D eigenvalue weighted by atomic mass is 32.2. The van der Waals surface area contributed by atoms with Crippen LogP contribution in [-0.4, -0.2) is 311 Å². The first kappa shape index (κ1) is 104. The Labute approximate surface area is 786 Å². The number of imidazole rings is 1. The molecule has 0 aliphatic carbocycles. The molecule has 0 spiro atoms. The number of aliphatic hydroxyl groups is 1. The highest BCUT2D eigenvalue weighted by Gasteiger charge is 2.46. The molecule has 0 saturated carbocycles. The topological polar surface area (TPSA) is 624 Å². The number of phenolic OH excluding ortho intramolecular Hbond substituents is 1. The van der Waals surface area contributed by atoms with Crippen LogP contribution in [0.5, 0.6) is 5.75 Å². The zero-order chi connectivity index (χ0) is 97.7. The summed E-state index contributed by atoms with van der Waals surface area (Å²) in [6.45, 7) is 5.73. The van der Waals surface area contributed by atoms with E-state index in [2.05, 4.69) is 78.4 Å². The number of nitrogens with one attached hydrogen (secondary N) is 15. The van der Waals surface area contributed by atoms with Crippen molar-refractivity contribution in [2.45, 2.75) is 241 Å². The number of H-pyrrole nitrogens is 3. The number of hydrogen-bond donors (Lipinski definition) is 20. The Hall–Kier alpha value is -13.2. The van der Waals surface area contributed by atoms with Gasteiger partial charge in [0.1, 0.15) is 78.3 Å². The zero-order valence-corrected chi connectivity index (χ0v) is 78.0. The van der Waals surface area contributed by atoms with Crippen LogP contribution >= 0.6 is 11.8 Å². The minimum absolute atomic E-state index is 0.00765. The molecular formula is C92H130N24O18S. The van der Waals surface area contributed by atoms with Gasteiger partial charge < -0.3 is 125 Å². The Bertz CT molecular complexity index is 5170. The molecule has 4 aliphatic rings. The number of aliphatic hydroxyl groups excluding tert-OH is 1. The van der Waals surface area contributed by atoms with Crippen molar-refractivity contribution in [3.05, 3.63) is 120 Å². The minimum Gasteiger partial charge on any atom is -0.508 e. The molecule has 4 saturated heterocycles. The number of aromatic hydroxyl groups is 1. The van der Waals surface area contributed by atoms with Crippen LogP contribution in [0.1, 0.15) is 153 Å². The molecule has 7 heterocycles. The predicted molar refractivity (Wildman–Crippen MR) is 501 cm³/mol. The molecule has 23 N–H and O–H groups in total. The SMILES string of the molecule is CCCC[C@H]1C(=O)N(C)[C@@H](CCCC)C(=O)N[C@@H](CCCNC(=N)N)C(=O)N[C@H](C(=O)NCC(N)=O)CSCC(=O)N[C@@H](Cc2ccc(O)cc2)C(=O)N2CCC[C@@H]2CN[C@@H](CC(N)=O)C(=O)N2CCC[C@H]2C(=O)N[C@@H](Cc2cnc[nH]2)C(=O)N[C@@H](CC(C)C)C(=O)N2CCC[C@H]2C(=O)N[C@@H](Cc2c[nH]c3ccccc23)C(=O)N[C@@H](CO)C(=O)N[C@@H](Cc2c[nH]c3ccccc23)C(=O)N1C. The van der Waals surface area contributed by atoms with E-state index < -0.39 is 210 Å². The summed E-state index contributed by atoms with van der Waals surface area (Å²) in [6, 6.07) is 0.893. The van der Waals surface area contributed by atoms with Crippen molar-refractivity contribution in [3.63, 3.8) is 0 Å². The number of aromatic amines is 3. The van der Waals surface area contributed by atoms with Gasteiger partial charge in [-0.3, -0.25) is 82.1 Å². The lowest BCUT2D eigenvalue weighted by Crippen LogP contribution is -2.62. The summed E-state index contributed by atoms with van der Waals surface area (Å²) < 4.78 is 0. The van der Waals surface area contributed by atoms with E-state index >= 15 is 47.9 Å². The van der Waals surface area contributed by atoms with Crippen LogP contribution in [-0.2, 0) is 102 Å². The second-order valence-corrected chi connectivity index (χ2v) is 36.4. The van der Waals surface area contributed by atoms with E-state index in [1.807, 2.05) is 27.7 Å². The van der Waals surface area contributed by atoms with Gasteiger partial charge in [0.05, 0.1) is 37.7 Å². The predicted octanol–water partition coefficient (Wildman–Crippen LogP) is -1.28.